The first-order valence-electron chi connectivity index (χ1n) is 5.50. The van der Waals surface area contributed by atoms with E-state index in [9.17, 15) is 10.1 Å². The third kappa shape index (κ3) is 2.76. The molecular formula is C12H12N4O3. The number of nitro benzene ring substituents is 1. The monoisotopic (exact) mass is 260 g/mol. The van der Waals surface area contributed by atoms with Gasteiger partial charge >= 0.3 is 0 Å². The van der Waals surface area contributed by atoms with E-state index in [4.69, 9.17) is 10.5 Å². The molecule has 2 rings (SSSR count). The minimum Gasteiger partial charge on any atom is -0.439 e. The van der Waals surface area contributed by atoms with Crippen LogP contribution >= 0.6 is 0 Å². The molecule has 0 bridgehead atoms. The average Bonchev–Trinajstić information content (AvgIpc) is 2.36. The number of hydrogen-bond acceptors (Lipinski definition) is 6. The van der Waals surface area contributed by atoms with Crippen molar-refractivity contribution in [3.05, 3.63) is 45.8 Å². The summed E-state index contributed by atoms with van der Waals surface area (Å²) in [4.78, 5) is 18.2. The summed E-state index contributed by atoms with van der Waals surface area (Å²) >= 11 is 0. The van der Waals surface area contributed by atoms with Crippen molar-refractivity contribution in [3.8, 4) is 11.6 Å². The molecule has 2 N–H and O–H groups in total. The van der Waals surface area contributed by atoms with Crippen LogP contribution < -0.4 is 10.5 Å². The highest BCUT2D eigenvalue weighted by Gasteiger charge is 2.10. The van der Waals surface area contributed by atoms with E-state index in [1.165, 1.54) is 24.3 Å². The lowest BCUT2D eigenvalue weighted by Gasteiger charge is -2.09. The van der Waals surface area contributed by atoms with Gasteiger partial charge in [-0.05, 0) is 26.0 Å². The summed E-state index contributed by atoms with van der Waals surface area (Å²) in [5.74, 6) is 1.65. The molecule has 0 spiro atoms. The number of nitrogens with two attached hydrogens (primary N) is 1. The molecule has 7 nitrogen and oxygen atoms in total. The van der Waals surface area contributed by atoms with Gasteiger partial charge in [0.2, 0.25) is 5.88 Å². The zero-order valence-corrected chi connectivity index (χ0v) is 10.5. The molecule has 1 aromatic heterocycles. The molecule has 0 aliphatic rings. The van der Waals surface area contributed by atoms with Gasteiger partial charge in [0.1, 0.15) is 17.4 Å². The van der Waals surface area contributed by atoms with Crippen molar-refractivity contribution in [1.82, 2.24) is 9.97 Å². The summed E-state index contributed by atoms with van der Waals surface area (Å²) in [5.41, 5.74) is 6.35. The number of aryl methyl sites for hydroxylation is 1. The molecule has 1 heterocycles. The van der Waals surface area contributed by atoms with E-state index in [1.807, 2.05) is 0 Å². The van der Waals surface area contributed by atoms with Crippen molar-refractivity contribution in [1.29, 1.82) is 0 Å². The van der Waals surface area contributed by atoms with E-state index in [-0.39, 0.29) is 5.69 Å². The number of rotatable bonds is 3. The van der Waals surface area contributed by atoms with Crippen molar-refractivity contribution in [2.45, 2.75) is 13.8 Å². The van der Waals surface area contributed by atoms with Crippen LogP contribution in [0.3, 0.4) is 0 Å². The lowest BCUT2D eigenvalue weighted by molar-refractivity contribution is -0.384. The fourth-order valence-electron chi connectivity index (χ4n) is 1.47. The minimum absolute atomic E-state index is 0.00227. The Morgan fingerprint density at radius 2 is 1.84 bits per heavy atom. The zero-order chi connectivity index (χ0) is 14.0. The fraction of sp³-hybridized carbons (Fsp3) is 0.167. The van der Waals surface area contributed by atoms with E-state index in [1.54, 1.807) is 13.8 Å². The number of aromatic nitrogens is 2. The summed E-state index contributed by atoms with van der Waals surface area (Å²) in [6.07, 6.45) is 0. The Bertz CT molecular complexity index is 626. The van der Waals surface area contributed by atoms with Crippen LogP contribution in [0.4, 0.5) is 11.5 Å². The topological polar surface area (TPSA) is 104 Å². The highest BCUT2D eigenvalue weighted by molar-refractivity contribution is 5.46. The second-order valence-corrected chi connectivity index (χ2v) is 3.94. The maximum absolute atomic E-state index is 10.5. The predicted octanol–water partition coefficient (Wildman–Crippen LogP) is 2.38. The van der Waals surface area contributed by atoms with Gasteiger partial charge in [0.25, 0.3) is 5.69 Å². The second-order valence-electron chi connectivity index (χ2n) is 3.94. The number of ether oxygens (including phenoxy) is 1. The summed E-state index contributed by atoms with van der Waals surface area (Å²) < 4.78 is 5.55. The quantitative estimate of drug-likeness (QED) is 0.671. The Kier molecular flexibility index (Phi) is 3.28. The molecule has 0 unspecified atom stereocenters. The molecule has 19 heavy (non-hydrogen) atoms. The van der Waals surface area contributed by atoms with Crippen LogP contribution in [0.2, 0.25) is 0 Å². The third-order valence-electron chi connectivity index (χ3n) is 2.51. The Labute approximate surface area is 109 Å². The standard InChI is InChI=1S/C12H12N4O3/c1-7-11(13)14-8(2)15-12(7)19-10-5-3-9(4-6-10)16(17)18/h3-6H,1-2H3,(H2,13,14,15). The Morgan fingerprint density at radius 3 is 2.42 bits per heavy atom. The minimum atomic E-state index is -0.470. The van der Waals surface area contributed by atoms with E-state index in [0.717, 1.165) is 0 Å². The van der Waals surface area contributed by atoms with Crippen molar-refractivity contribution < 1.29 is 9.66 Å². The Balaban J connectivity index is 2.28. The zero-order valence-electron chi connectivity index (χ0n) is 10.5. The summed E-state index contributed by atoms with van der Waals surface area (Å²) in [7, 11) is 0. The molecule has 0 radical (unpaired) electrons. The molecule has 98 valence electrons. The van der Waals surface area contributed by atoms with Gasteiger partial charge in [-0.2, -0.15) is 4.98 Å². The molecule has 0 amide bonds. The van der Waals surface area contributed by atoms with Gasteiger partial charge in [-0.15, -0.1) is 0 Å². The van der Waals surface area contributed by atoms with Crippen LogP contribution in [-0.4, -0.2) is 14.9 Å². The van der Waals surface area contributed by atoms with Crippen molar-refractivity contribution in [3.63, 3.8) is 0 Å². The van der Waals surface area contributed by atoms with E-state index in [2.05, 4.69) is 9.97 Å². The SMILES string of the molecule is Cc1nc(N)c(C)c(Oc2ccc([N+](=O)[O-])cc2)n1. The van der Waals surface area contributed by atoms with Crippen molar-refractivity contribution in [2.75, 3.05) is 5.73 Å². The highest BCUT2D eigenvalue weighted by Crippen LogP contribution is 2.26. The van der Waals surface area contributed by atoms with Crippen LogP contribution in [0.5, 0.6) is 11.6 Å². The molecule has 0 saturated carbocycles. The maximum Gasteiger partial charge on any atom is 0.269 e. The maximum atomic E-state index is 10.5. The van der Waals surface area contributed by atoms with Crippen LogP contribution in [0.15, 0.2) is 24.3 Å². The number of hydrogen-bond donors (Lipinski definition) is 1. The number of nitrogen functional groups attached to an aromatic ring is 1. The first-order valence-corrected chi connectivity index (χ1v) is 5.50. The van der Waals surface area contributed by atoms with Gasteiger partial charge in [-0.25, -0.2) is 4.98 Å². The van der Waals surface area contributed by atoms with Crippen LogP contribution in [0.25, 0.3) is 0 Å². The molecular weight excluding hydrogens is 248 g/mol. The molecule has 0 aliphatic carbocycles. The first-order chi connectivity index (χ1) is 8.97. The van der Waals surface area contributed by atoms with Gasteiger partial charge in [-0.1, -0.05) is 0 Å². The smallest absolute Gasteiger partial charge is 0.269 e. The van der Waals surface area contributed by atoms with Crippen molar-refractivity contribution >= 4 is 11.5 Å². The van der Waals surface area contributed by atoms with Gasteiger partial charge in [-0.3, -0.25) is 10.1 Å². The van der Waals surface area contributed by atoms with Crippen molar-refractivity contribution in [2.24, 2.45) is 0 Å². The lowest BCUT2D eigenvalue weighted by atomic mass is 10.3. The number of nitrogens with zero attached hydrogens (tertiary/aromatic N) is 3. The summed E-state index contributed by atoms with van der Waals surface area (Å²) in [6, 6.07) is 5.74. The van der Waals surface area contributed by atoms with Gasteiger partial charge < -0.3 is 10.5 Å². The van der Waals surface area contributed by atoms with Gasteiger partial charge in [0.05, 0.1) is 10.5 Å². The lowest BCUT2D eigenvalue weighted by Crippen LogP contribution is -2.02. The van der Waals surface area contributed by atoms with Crippen LogP contribution in [0, 0.1) is 24.0 Å². The van der Waals surface area contributed by atoms with Crippen LogP contribution in [-0.2, 0) is 0 Å². The molecule has 0 saturated heterocycles. The molecule has 7 heteroatoms. The normalized spacial score (nSPS) is 10.2. The summed E-state index contributed by atoms with van der Waals surface area (Å²) in [5, 5.41) is 10.5. The number of benzene rings is 1. The summed E-state index contributed by atoms with van der Waals surface area (Å²) in [6.45, 7) is 3.45. The largest absolute Gasteiger partial charge is 0.439 e. The number of anilines is 1. The third-order valence-corrected chi connectivity index (χ3v) is 2.51. The van der Waals surface area contributed by atoms with Crippen LogP contribution in [0.1, 0.15) is 11.4 Å². The first kappa shape index (κ1) is 12.7. The molecule has 2 aromatic rings. The molecule has 0 fully saturated rings. The van der Waals surface area contributed by atoms with E-state index in [0.29, 0.717) is 28.8 Å². The Hall–Kier alpha value is -2.70. The molecule has 0 atom stereocenters. The highest BCUT2D eigenvalue weighted by atomic mass is 16.6. The number of nitro groups is 1. The second kappa shape index (κ2) is 4.89. The van der Waals surface area contributed by atoms with Gasteiger partial charge in [0, 0.05) is 12.1 Å². The number of non-ortho nitro benzene ring substituents is 1. The average molecular weight is 260 g/mol. The predicted molar refractivity (Wildman–Crippen MR) is 69.1 cm³/mol. The Morgan fingerprint density at radius 1 is 1.21 bits per heavy atom. The van der Waals surface area contributed by atoms with Gasteiger partial charge in [0.15, 0.2) is 0 Å². The van der Waals surface area contributed by atoms with E-state index >= 15 is 0 Å². The molecule has 0 aliphatic heterocycles. The van der Waals surface area contributed by atoms with E-state index < -0.39 is 4.92 Å². The fourth-order valence-corrected chi connectivity index (χ4v) is 1.47. The molecule has 1 aromatic carbocycles.